The van der Waals surface area contributed by atoms with E-state index in [0.29, 0.717) is 12.2 Å². The molecule has 0 amide bonds. The number of ether oxygens (including phenoxy) is 1. The van der Waals surface area contributed by atoms with E-state index in [-0.39, 0.29) is 17.2 Å². The smallest absolute Gasteiger partial charge is 0.360 e. The number of carbonyl (C=O) groups excluding carboxylic acids is 1. The first kappa shape index (κ1) is 17.7. The van der Waals surface area contributed by atoms with Crippen LogP contribution < -0.4 is 0 Å². The predicted molar refractivity (Wildman–Crippen MR) is 84.3 cm³/mol. The summed E-state index contributed by atoms with van der Waals surface area (Å²) in [6.45, 7) is 12.2. The fourth-order valence-electron chi connectivity index (χ4n) is 1.46. The maximum Gasteiger partial charge on any atom is 0.360 e. The fraction of sp³-hybridized carbons (Fsp3) is 0.733. The zero-order valence-electron chi connectivity index (χ0n) is 13.9. The van der Waals surface area contributed by atoms with E-state index in [1.54, 1.807) is 13.2 Å². The molecule has 0 aliphatic heterocycles. The minimum atomic E-state index is -0.902. The molecule has 6 heteroatoms. The van der Waals surface area contributed by atoms with Gasteiger partial charge in [-0.1, -0.05) is 25.9 Å². The van der Waals surface area contributed by atoms with E-state index in [4.69, 9.17) is 14.0 Å². The summed E-state index contributed by atoms with van der Waals surface area (Å²) < 4.78 is 10.8. The van der Waals surface area contributed by atoms with Gasteiger partial charge in [0.15, 0.2) is 5.71 Å². The Balaban J connectivity index is 3.05. The van der Waals surface area contributed by atoms with Crippen molar-refractivity contribution < 1.29 is 18.8 Å². The third kappa shape index (κ3) is 6.33. The third-order valence-electron chi connectivity index (χ3n) is 2.76. The summed E-state index contributed by atoms with van der Waals surface area (Å²) >= 11 is 0. The van der Waals surface area contributed by atoms with Gasteiger partial charge in [0.25, 0.3) is 9.04 Å². The first-order valence-corrected chi connectivity index (χ1v) is 9.75. The van der Waals surface area contributed by atoms with Gasteiger partial charge in [-0.15, -0.1) is 0 Å². The summed E-state index contributed by atoms with van der Waals surface area (Å²) in [5.41, 5.74) is 0.614. The van der Waals surface area contributed by atoms with Gasteiger partial charge < -0.3 is 14.0 Å². The van der Waals surface area contributed by atoms with Crippen LogP contribution in [0.2, 0.25) is 13.1 Å². The molecule has 0 aromatic carbocycles. The standard InChI is InChI=1S/C15H26NO4Si/c1-7-18-14(17)13(16-20-11-8-9-11)12(15(2,3)4)10-19-21(5)6/h10-11H,7-9H2,1-6H3. The molecule has 0 unspecified atom stereocenters. The number of nitrogens with zero attached hydrogens (tertiary/aromatic N) is 1. The summed E-state index contributed by atoms with van der Waals surface area (Å²) in [5.74, 6) is -0.469. The van der Waals surface area contributed by atoms with Gasteiger partial charge in [0, 0.05) is 5.57 Å². The van der Waals surface area contributed by atoms with E-state index in [1.165, 1.54) is 0 Å². The number of rotatable bonds is 7. The predicted octanol–water partition coefficient (Wildman–Crippen LogP) is 3.28. The minimum absolute atomic E-state index is 0.133. The Morgan fingerprint density at radius 2 is 1.95 bits per heavy atom. The zero-order chi connectivity index (χ0) is 16.0. The van der Waals surface area contributed by atoms with Gasteiger partial charge in [-0.25, -0.2) is 4.79 Å². The van der Waals surface area contributed by atoms with Crippen LogP contribution in [0, 0.1) is 5.41 Å². The highest BCUT2D eigenvalue weighted by atomic mass is 28.3. The molecule has 21 heavy (non-hydrogen) atoms. The fourth-order valence-corrected chi connectivity index (χ4v) is 1.81. The van der Waals surface area contributed by atoms with Crippen LogP contribution >= 0.6 is 0 Å². The number of oxime groups is 1. The number of esters is 1. The molecule has 0 spiro atoms. The molecule has 1 fully saturated rings. The lowest BCUT2D eigenvalue weighted by atomic mass is 9.84. The molecule has 119 valence electrons. The number of hydrogen-bond donors (Lipinski definition) is 0. The molecule has 0 bridgehead atoms. The first-order chi connectivity index (χ1) is 9.75. The molecule has 5 nitrogen and oxygen atoms in total. The van der Waals surface area contributed by atoms with Crippen molar-refractivity contribution in [3.8, 4) is 0 Å². The lowest BCUT2D eigenvalue weighted by Crippen LogP contribution is -2.28. The summed E-state index contributed by atoms with van der Waals surface area (Å²) in [6, 6.07) is 0. The van der Waals surface area contributed by atoms with E-state index >= 15 is 0 Å². The Morgan fingerprint density at radius 3 is 2.38 bits per heavy atom. The van der Waals surface area contributed by atoms with E-state index < -0.39 is 15.0 Å². The van der Waals surface area contributed by atoms with Crippen molar-refractivity contribution in [2.45, 2.75) is 59.7 Å². The lowest BCUT2D eigenvalue weighted by Gasteiger charge is -2.23. The average molecular weight is 312 g/mol. The summed E-state index contributed by atoms with van der Waals surface area (Å²) in [5, 5.41) is 4.05. The van der Waals surface area contributed by atoms with Crippen LogP contribution in [0.3, 0.4) is 0 Å². The van der Waals surface area contributed by atoms with Crippen LogP contribution in [-0.4, -0.2) is 33.4 Å². The van der Waals surface area contributed by atoms with E-state index in [9.17, 15) is 4.79 Å². The topological polar surface area (TPSA) is 57.1 Å². The highest BCUT2D eigenvalue weighted by Gasteiger charge is 2.31. The van der Waals surface area contributed by atoms with E-state index in [2.05, 4.69) is 5.16 Å². The number of carbonyl (C=O) groups is 1. The van der Waals surface area contributed by atoms with Crippen LogP contribution in [-0.2, 0) is 18.8 Å². The van der Waals surface area contributed by atoms with Gasteiger partial charge in [0.05, 0.1) is 12.9 Å². The van der Waals surface area contributed by atoms with Gasteiger partial charge in [-0.2, -0.15) is 0 Å². The van der Waals surface area contributed by atoms with Crippen LogP contribution in [0.5, 0.6) is 0 Å². The van der Waals surface area contributed by atoms with Gasteiger partial charge in [0.2, 0.25) is 0 Å². The van der Waals surface area contributed by atoms with Gasteiger partial charge in [-0.3, -0.25) is 0 Å². The molecule has 0 aromatic heterocycles. The molecule has 1 aliphatic carbocycles. The Bertz CT molecular complexity index is 420. The van der Waals surface area contributed by atoms with Crippen molar-refractivity contribution in [3.05, 3.63) is 11.8 Å². The van der Waals surface area contributed by atoms with E-state index in [1.807, 2.05) is 33.9 Å². The Labute approximate surface area is 129 Å². The van der Waals surface area contributed by atoms with Gasteiger partial charge in [0.1, 0.15) is 6.10 Å². The molecular weight excluding hydrogens is 286 g/mol. The van der Waals surface area contributed by atoms with Crippen molar-refractivity contribution in [2.24, 2.45) is 10.6 Å². The van der Waals surface area contributed by atoms with Crippen LogP contribution in [0.15, 0.2) is 17.0 Å². The third-order valence-corrected chi connectivity index (χ3v) is 3.35. The maximum atomic E-state index is 12.2. The Morgan fingerprint density at radius 1 is 1.33 bits per heavy atom. The highest BCUT2D eigenvalue weighted by Crippen LogP contribution is 2.29. The Hall–Kier alpha value is -1.30. The van der Waals surface area contributed by atoms with Gasteiger partial charge >= 0.3 is 5.97 Å². The Kier molecular flexibility index (Phi) is 6.45. The SMILES string of the molecule is CCOC(=O)C(=NOC1CC1)C(=CO[Si](C)C)C(C)(C)C. The minimum Gasteiger partial charge on any atom is -0.548 e. The first-order valence-electron chi connectivity index (χ1n) is 7.34. The molecule has 0 saturated heterocycles. The molecule has 1 saturated carbocycles. The van der Waals surface area contributed by atoms with Crippen molar-refractivity contribution in [2.75, 3.05) is 6.61 Å². The summed E-state index contributed by atoms with van der Waals surface area (Å²) in [4.78, 5) is 17.6. The second-order valence-corrected chi connectivity index (χ2v) is 8.32. The molecular formula is C15H26NO4Si. The normalized spacial score (nSPS) is 16.9. The molecule has 1 radical (unpaired) electrons. The van der Waals surface area contributed by atoms with Crippen LogP contribution in [0.25, 0.3) is 0 Å². The lowest BCUT2D eigenvalue weighted by molar-refractivity contribution is -0.135. The van der Waals surface area contributed by atoms with Crippen molar-refractivity contribution >= 4 is 20.7 Å². The molecule has 1 rings (SSSR count). The monoisotopic (exact) mass is 312 g/mol. The van der Waals surface area contributed by atoms with Crippen LogP contribution in [0.1, 0.15) is 40.5 Å². The second kappa shape index (κ2) is 7.63. The van der Waals surface area contributed by atoms with Crippen LogP contribution in [0.4, 0.5) is 0 Å². The average Bonchev–Trinajstić information content (AvgIpc) is 3.15. The van der Waals surface area contributed by atoms with Crippen molar-refractivity contribution in [1.29, 1.82) is 0 Å². The van der Waals surface area contributed by atoms with Crippen molar-refractivity contribution in [1.82, 2.24) is 0 Å². The quantitative estimate of drug-likeness (QED) is 0.238. The molecule has 0 aromatic rings. The summed E-state index contributed by atoms with van der Waals surface area (Å²) in [6.07, 6.45) is 3.75. The van der Waals surface area contributed by atoms with E-state index in [0.717, 1.165) is 12.8 Å². The molecule has 1 aliphatic rings. The number of hydrogen-bond acceptors (Lipinski definition) is 5. The zero-order valence-corrected chi connectivity index (χ0v) is 14.9. The molecule has 0 N–H and O–H groups in total. The highest BCUT2D eigenvalue weighted by molar-refractivity contribution is 6.49. The molecule has 0 heterocycles. The summed E-state index contributed by atoms with van der Waals surface area (Å²) in [7, 11) is -0.902. The second-order valence-electron chi connectivity index (χ2n) is 6.27. The molecule has 0 atom stereocenters. The maximum absolute atomic E-state index is 12.2. The van der Waals surface area contributed by atoms with Gasteiger partial charge in [-0.05, 0) is 38.3 Å². The van der Waals surface area contributed by atoms with Crippen molar-refractivity contribution in [3.63, 3.8) is 0 Å². The largest absolute Gasteiger partial charge is 0.548 e.